The zero-order chi connectivity index (χ0) is 20.8. The smallest absolute Gasteiger partial charge is 0.279 e. The first-order chi connectivity index (χ1) is 13.9. The molecule has 0 aliphatic carbocycles. The quantitative estimate of drug-likeness (QED) is 0.604. The van der Waals surface area contributed by atoms with Crippen molar-refractivity contribution in [2.24, 2.45) is 0 Å². The maximum absolute atomic E-state index is 12.2. The molecule has 7 heteroatoms. The van der Waals surface area contributed by atoms with Gasteiger partial charge in [-0.05, 0) is 60.5 Å². The molecular weight excluding hydrogens is 392 g/mol. The van der Waals surface area contributed by atoms with E-state index < -0.39 is 17.9 Å². The summed E-state index contributed by atoms with van der Waals surface area (Å²) in [5.41, 5.74) is 5.46. The lowest BCUT2D eigenvalue weighted by Gasteiger charge is -2.16. The van der Waals surface area contributed by atoms with Crippen LogP contribution in [0.25, 0.3) is 10.8 Å². The highest BCUT2D eigenvalue weighted by Crippen LogP contribution is 2.22. The number of carbonyl (C=O) groups is 2. The van der Waals surface area contributed by atoms with Crippen LogP contribution in [0.3, 0.4) is 0 Å². The zero-order valence-corrected chi connectivity index (χ0v) is 16.8. The van der Waals surface area contributed by atoms with Gasteiger partial charge in [0.2, 0.25) is 0 Å². The van der Waals surface area contributed by atoms with Crippen LogP contribution in [-0.4, -0.2) is 24.5 Å². The van der Waals surface area contributed by atoms with Gasteiger partial charge in [-0.1, -0.05) is 41.9 Å². The van der Waals surface area contributed by atoms with Gasteiger partial charge in [-0.2, -0.15) is 0 Å². The Labute approximate surface area is 173 Å². The number of hydrogen-bond acceptors (Lipinski definition) is 4. The van der Waals surface area contributed by atoms with Gasteiger partial charge in [0.25, 0.3) is 11.8 Å². The van der Waals surface area contributed by atoms with Crippen molar-refractivity contribution < 1.29 is 19.1 Å². The largest absolute Gasteiger partial charge is 0.483 e. The minimum atomic E-state index is -0.795. The van der Waals surface area contributed by atoms with Gasteiger partial charge in [0.05, 0.1) is 0 Å². The molecule has 2 amide bonds. The molecule has 2 N–H and O–H groups in total. The number of rotatable bonds is 6. The fraction of sp³-hybridized carbons (Fsp3) is 0.182. The van der Waals surface area contributed by atoms with Gasteiger partial charge < -0.3 is 9.47 Å². The molecule has 150 valence electrons. The van der Waals surface area contributed by atoms with Crippen LogP contribution in [0.2, 0.25) is 5.02 Å². The summed E-state index contributed by atoms with van der Waals surface area (Å²) in [6, 6.07) is 18.5. The molecule has 6 nitrogen and oxygen atoms in total. The highest BCUT2D eigenvalue weighted by molar-refractivity contribution is 6.30. The molecule has 0 aliphatic rings. The van der Waals surface area contributed by atoms with Crippen molar-refractivity contribution in [3.8, 4) is 11.5 Å². The van der Waals surface area contributed by atoms with Crippen LogP contribution in [0.5, 0.6) is 11.5 Å². The van der Waals surface area contributed by atoms with Crippen molar-refractivity contribution in [3.05, 3.63) is 71.2 Å². The van der Waals surface area contributed by atoms with Crippen LogP contribution in [0.15, 0.2) is 60.7 Å². The van der Waals surface area contributed by atoms with Gasteiger partial charge in [0.1, 0.15) is 11.5 Å². The normalized spacial score (nSPS) is 11.6. The number of carbonyl (C=O) groups excluding carboxylic acids is 2. The lowest BCUT2D eigenvalue weighted by molar-refractivity contribution is -0.133. The number of hydrazine groups is 1. The first-order valence-electron chi connectivity index (χ1n) is 9.05. The average Bonchev–Trinajstić information content (AvgIpc) is 2.71. The molecule has 0 aliphatic heterocycles. The number of aryl methyl sites for hydroxylation is 1. The molecule has 0 saturated carbocycles. The Morgan fingerprint density at radius 1 is 1.00 bits per heavy atom. The van der Waals surface area contributed by atoms with E-state index in [0.717, 1.165) is 16.3 Å². The zero-order valence-electron chi connectivity index (χ0n) is 16.1. The van der Waals surface area contributed by atoms with Crippen molar-refractivity contribution >= 4 is 34.2 Å². The van der Waals surface area contributed by atoms with E-state index in [-0.39, 0.29) is 6.61 Å². The molecule has 1 atom stereocenters. The second-order valence-electron chi connectivity index (χ2n) is 6.50. The van der Waals surface area contributed by atoms with E-state index in [2.05, 4.69) is 10.9 Å². The van der Waals surface area contributed by atoms with Crippen LogP contribution in [0, 0.1) is 6.92 Å². The molecule has 3 aromatic rings. The van der Waals surface area contributed by atoms with Crippen LogP contribution in [0.4, 0.5) is 0 Å². The van der Waals surface area contributed by atoms with Gasteiger partial charge in [-0.15, -0.1) is 0 Å². The number of fused-ring (bicyclic) bond motifs is 1. The maximum atomic E-state index is 12.2. The van der Waals surface area contributed by atoms with E-state index in [0.29, 0.717) is 16.5 Å². The molecule has 29 heavy (non-hydrogen) atoms. The predicted octanol–water partition coefficient (Wildman–Crippen LogP) is 3.80. The van der Waals surface area contributed by atoms with Crippen molar-refractivity contribution in [3.63, 3.8) is 0 Å². The Hall–Kier alpha value is -3.25. The summed E-state index contributed by atoms with van der Waals surface area (Å²) in [6.07, 6.45) is -0.795. The Morgan fingerprint density at radius 2 is 1.76 bits per heavy atom. The molecule has 0 fully saturated rings. The highest BCUT2D eigenvalue weighted by atomic mass is 35.5. The number of benzene rings is 3. The Bertz CT molecular complexity index is 1040. The number of halogens is 1. The molecule has 0 radical (unpaired) electrons. The topological polar surface area (TPSA) is 76.7 Å². The van der Waals surface area contributed by atoms with E-state index in [1.54, 1.807) is 31.2 Å². The van der Waals surface area contributed by atoms with E-state index >= 15 is 0 Å². The van der Waals surface area contributed by atoms with Crippen LogP contribution in [0.1, 0.15) is 12.5 Å². The third-order valence-electron chi connectivity index (χ3n) is 4.22. The fourth-order valence-electron chi connectivity index (χ4n) is 2.69. The second-order valence-corrected chi connectivity index (χ2v) is 6.94. The predicted molar refractivity (Wildman–Crippen MR) is 112 cm³/mol. The van der Waals surface area contributed by atoms with Crippen molar-refractivity contribution in [2.45, 2.75) is 20.0 Å². The summed E-state index contributed by atoms with van der Waals surface area (Å²) >= 11 is 5.89. The second kappa shape index (κ2) is 9.30. The number of hydrogen-bond donors (Lipinski definition) is 2. The standard InChI is InChI=1S/C22H21ClN2O4/c1-14-11-18(23)8-10-20(14)28-13-21(26)24-25-22(27)15(2)29-19-9-7-16-5-3-4-6-17(16)12-19/h3-12,15H,13H2,1-2H3,(H,24,26)(H,25,27). The first-order valence-corrected chi connectivity index (χ1v) is 9.43. The summed E-state index contributed by atoms with van der Waals surface area (Å²) in [7, 11) is 0. The molecule has 0 bridgehead atoms. The van der Waals surface area contributed by atoms with Crippen molar-refractivity contribution in [1.82, 2.24) is 10.9 Å². The van der Waals surface area contributed by atoms with Gasteiger partial charge in [0.15, 0.2) is 12.7 Å². The molecule has 3 rings (SSSR count). The Kier molecular flexibility index (Phi) is 6.57. The lowest BCUT2D eigenvalue weighted by atomic mass is 10.1. The summed E-state index contributed by atoms with van der Waals surface area (Å²) in [4.78, 5) is 24.1. The van der Waals surface area contributed by atoms with Gasteiger partial charge in [0, 0.05) is 5.02 Å². The minimum Gasteiger partial charge on any atom is -0.483 e. The van der Waals surface area contributed by atoms with Crippen molar-refractivity contribution in [2.75, 3.05) is 6.61 Å². The lowest BCUT2D eigenvalue weighted by Crippen LogP contribution is -2.48. The van der Waals surface area contributed by atoms with E-state index in [9.17, 15) is 9.59 Å². The molecular formula is C22H21ClN2O4. The third kappa shape index (κ3) is 5.62. The molecule has 1 unspecified atom stereocenters. The Morgan fingerprint density at radius 3 is 2.52 bits per heavy atom. The number of ether oxygens (including phenoxy) is 2. The fourth-order valence-corrected chi connectivity index (χ4v) is 2.91. The molecule has 0 saturated heterocycles. The van der Waals surface area contributed by atoms with Crippen molar-refractivity contribution in [1.29, 1.82) is 0 Å². The number of nitrogens with one attached hydrogen (secondary N) is 2. The molecule has 3 aromatic carbocycles. The van der Waals surface area contributed by atoms with Gasteiger partial charge in [-0.3, -0.25) is 20.4 Å². The van der Waals surface area contributed by atoms with Crippen LogP contribution in [-0.2, 0) is 9.59 Å². The van der Waals surface area contributed by atoms with Crippen LogP contribution < -0.4 is 20.3 Å². The van der Waals surface area contributed by atoms with Gasteiger partial charge >= 0.3 is 0 Å². The van der Waals surface area contributed by atoms with E-state index in [4.69, 9.17) is 21.1 Å². The summed E-state index contributed by atoms with van der Waals surface area (Å²) in [6.45, 7) is 3.18. The SMILES string of the molecule is Cc1cc(Cl)ccc1OCC(=O)NNC(=O)C(C)Oc1ccc2ccccc2c1. The maximum Gasteiger partial charge on any atom is 0.279 e. The molecule has 0 heterocycles. The van der Waals surface area contributed by atoms with Gasteiger partial charge in [-0.25, -0.2) is 0 Å². The number of amides is 2. The van der Waals surface area contributed by atoms with Crippen LogP contribution >= 0.6 is 11.6 Å². The molecule has 0 spiro atoms. The first kappa shape index (κ1) is 20.5. The van der Waals surface area contributed by atoms with E-state index in [1.807, 2.05) is 43.3 Å². The summed E-state index contributed by atoms with van der Waals surface area (Å²) in [5.74, 6) is 0.142. The summed E-state index contributed by atoms with van der Waals surface area (Å²) < 4.78 is 11.1. The van der Waals surface area contributed by atoms with E-state index in [1.165, 1.54) is 0 Å². The third-order valence-corrected chi connectivity index (χ3v) is 4.46. The average molecular weight is 413 g/mol. The molecule has 0 aromatic heterocycles. The minimum absolute atomic E-state index is 0.247. The Balaban J connectivity index is 1.46. The highest BCUT2D eigenvalue weighted by Gasteiger charge is 2.16. The monoisotopic (exact) mass is 412 g/mol. The summed E-state index contributed by atoms with van der Waals surface area (Å²) in [5, 5.41) is 2.69.